The van der Waals surface area contributed by atoms with E-state index in [-0.39, 0.29) is 0 Å². The zero-order valence-electron chi connectivity index (χ0n) is 8.69. The van der Waals surface area contributed by atoms with Crippen molar-refractivity contribution in [2.45, 2.75) is 19.3 Å². The SMILES string of the molecule is O=CC=Cc1ccc(N2CCCCC2)s1. The van der Waals surface area contributed by atoms with Crippen LogP contribution in [0.25, 0.3) is 6.08 Å². The second kappa shape index (κ2) is 5.12. The molecular weight excluding hydrogens is 206 g/mol. The zero-order chi connectivity index (χ0) is 10.5. The van der Waals surface area contributed by atoms with Gasteiger partial charge in [0, 0.05) is 18.0 Å². The third-order valence-corrected chi connectivity index (χ3v) is 3.73. The molecule has 15 heavy (non-hydrogen) atoms. The van der Waals surface area contributed by atoms with E-state index in [1.165, 1.54) is 37.4 Å². The number of anilines is 1. The van der Waals surface area contributed by atoms with Gasteiger partial charge in [0.05, 0.1) is 5.00 Å². The van der Waals surface area contributed by atoms with Crippen molar-refractivity contribution in [1.29, 1.82) is 0 Å². The fraction of sp³-hybridized carbons (Fsp3) is 0.417. The monoisotopic (exact) mass is 221 g/mol. The first-order valence-electron chi connectivity index (χ1n) is 5.37. The van der Waals surface area contributed by atoms with Crippen molar-refractivity contribution >= 4 is 28.7 Å². The molecule has 0 atom stereocenters. The maximum atomic E-state index is 10.2. The number of aldehydes is 1. The molecule has 1 aliphatic heterocycles. The molecule has 1 aromatic rings. The molecule has 1 aromatic heterocycles. The second-order valence-electron chi connectivity index (χ2n) is 3.72. The summed E-state index contributed by atoms with van der Waals surface area (Å²) in [5.41, 5.74) is 0. The first-order valence-corrected chi connectivity index (χ1v) is 6.18. The lowest BCUT2D eigenvalue weighted by Gasteiger charge is -2.27. The molecule has 2 rings (SSSR count). The van der Waals surface area contributed by atoms with Gasteiger partial charge in [0.2, 0.25) is 0 Å². The minimum atomic E-state index is 0.820. The largest absolute Gasteiger partial charge is 0.363 e. The molecule has 80 valence electrons. The van der Waals surface area contributed by atoms with E-state index in [0.717, 1.165) is 11.2 Å². The highest BCUT2D eigenvalue weighted by atomic mass is 32.1. The van der Waals surface area contributed by atoms with Crippen LogP contribution in [0.5, 0.6) is 0 Å². The molecule has 3 heteroatoms. The van der Waals surface area contributed by atoms with Crippen LogP contribution in [0.2, 0.25) is 0 Å². The normalized spacial score (nSPS) is 17.2. The Morgan fingerprint density at radius 3 is 2.73 bits per heavy atom. The summed E-state index contributed by atoms with van der Waals surface area (Å²) >= 11 is 1.76. The van der Waals surface area contributed by atoms with E-state index in [1.54, 1.807) is 17.4 Å². The van der Waals surface area contributed by atoms with Gasteiger partial charge in [0.25, 0.3) is 0 Å². The van der Waals surface area contributed by atoms with E-state index in [0.29, 0.717) is 0 Å². The van der Waals surface area contributed by atoms with Crippen LogP contribution < -0.4 is 4.90 Å². The van der Waals surface area contributed by atoms with E-state index >= 15 is 0 Å². The van der Waals surface area contributed by atoms with Gasteiger partial charge in [-0.3, -0.25) is 4.79 Å². The van der Waals surface area contributed by atoms with Gasteiger partial charge in [-0.15, -0.1) is 11.3 Å². The summed E-state index contributed by atoms with van der Waals surface area (Å²) in [6.07, 6.45) is 8.20. The average molecular weight is 221 g/mol. The Kier molecular flexibility index (Phi) is 3.56. The van der Waals surface area contributed by atoms with Gasteiger partial charge in [-0.25, -0.2) is 0 Å². The van der Waals surface area contributed by atoms with Crippen LogP contribution in [-0.4, -0.2) is 19.4 Å². The van der Waals surface area contributed by atoms with Crippen LogP contribution in [0.15, 0.2) is 18.2 Å². The molecule has 0 bridgehead atoms. The Morgan fingerprint density at radius 2 is 2.00 bits per heavy atom. The van der Waals surface area contributed by atoms with Crippen LogP contribution in [-0.2, 0) is 4.79 Å². The van der Waals surface area contributed by atoms with Crippen LogP contribution in [0.1, 0.15) is 24.1 Å². The number of piperidine rings is 1. The van der Waals surface area contributed by atoms with Crippen molar-refractivity contribution in [2.75, 3.05) is 18.0 Å². The molecule has 2 heterocycles. The third-order valence-electron chi connectivity index (χ3n) is 2.62. The Bertz CT molecular complexity index is 350. The van der Waals surface area contributed by atoms with Crippen molar-refractivity contribution in [1.82, 2.24) is 0 Å². The number of rotatable bonds is 3. The molecule has 0 unspecified atom stereocenters. The van der Waals surface area contributed by atoms with Crippen LogP contribution in [0.3, 0.4) is 0 Å². The predicted octanol–water partition coefficient (Wildman–Crippen LogP) is 2.95. The molecule has 0 radical (unpaired) electrons. The van der Waals surface area contributed by atoms with Crippen molar-refractivity contribution in [3.8, 4) is 0 Å². The second-order valence-corrected chi connectivity index (χ2v) is 4.81. The first kappa shape index (κ1) is 10.4. The topological polar surface area (TPSA) is 20.3 Å². The smallest absolute Gasteiger partial charge is 0.142 e. The molecule has 0 aliphatic carbocycles. The van der Waals surface area contributed by atoms with E-state index in [4.69, 9.17) is 0 Å². The van der Waals surface area contributed by atoms with Crippen LogP contribution in [0, 0.1) is 0 Å². The van der Waals surface area contributed by atoms with E-state index in [1.807, 2.05) is 6.08 Å². The number of nitrogens with zero attached hydrogens (tertiary/aromatic N) is 1. The summed E-state index contributed by atoms with van der Waals surface area (Å²) in [6, 6.07) is 4.23. The molecule has 1 fully saturated rings. The van der Waals surface area contributed by atoms with Crippen LogP contribution in [0.4, 0.5) is 5.00 Å². The first-order chi connectivity index (χ1) is 7.40. The summed E-state index contributed by atoms with van der Waals surface area (Å²) in [5, 5.41) is 1.33. The number of hydrogen-bond donors (Lipinski definition) is 0. The van der Waals surface area contributed by atoms with Crippen molar-refractivity contribution < 1.29 is 4.79 Å². The van der Waals surface area contributed by atoms with Crippen molar-refractivity contribution in [3.63, 3.8) is 0 Å². The lowest BCUT2D eigenvalue weighted by molar-refractivity contribution is -0.104. The maximum Gasteiger partial charge on any atom is 0.142 e. The zero-order valence-corrected chi connectivity index (χ0v) is 9.50. The van der Waals surface area contributed by atoms with Crippen LogP contribution >= 0.6 is 11.3 Å². The number of hydrogen-bond acceptors (Lipinski definition) is 3. The van der Waals surface area contributed by atoms with Gasteiger partial charge < -0.3 is 4.90 Å². The molecule has 1 saturated heterocycles. The summed E-state index contributed by atoms with van der Waals surface area (Å²) in [4.78, 5) is 13.8. The fourth-order valence-electron chi connectivity index (χ4n) is 1.85. The molecule has 0 aromatic carbocycles. The Morgan fingerprint density at radius 1 is 1.20 bits per heavy atom. The average Bonchev–Trinajstić information content (AvgIpc) is 2.76. The van der Waals surface area contributed by atoms with E-state index in [9.17, 15) is 4.79 Å². The van der Waals surface area contributed by atoms with Crippen molar-refractivity contribution in [2.24, 2.45) is 0 Å². The predicted molar refractivity (Wildman–Crippen MR) is 65.5 cm³/mol. The van der Waals surface area contributed by atoms with Gasteiger partial charge in [-0.1, -0.05) is 0 Å². The molecule has 0 N–H and O–H groups in total. The highest BCUT2D eigenvalue weighted by Gasteiger charge is 2.11. The maximum absolute atomic E-state index is 10.2. The van der Waals surface area contributed by atoms with Crippen molar-refractivity contribution in [3.05, 3.63) is 23.1 Å². The van der Waals surface area contributed by atoms with Gasteiger partial charge in [-0.2, -0.15) is 0 Å². The lowest BCUT2D eigenvalue weighted by Crippen LogP contribution is -2.28. The number of carbonyl (C=O) groups is 1. The standard InChI is InChI=1S/C12H15NOS/c14-10-4-5-11-6-7-12(15-11)13-8-2-1-3-9-13/h4-7,10H,1-3,8-9H2. The number of allylic oxidation sites excluding steroid dienone is 1. The number of carbonyl (C=O) groups excluding carboxylic acids is 1. The summed E-state index contributed by atoms with van der Waals surface area (Å²) in [7, 11) is 0. The Hall–Kier alpha value is -1.09. The third kappa shape index (κ3) is 2.69. The molecule has 0 amide bonds. The van der Waals surface area contributed by atoms with E-state index in [2.05, 4.69) is 17.0 Å². The lowest BCUT2D eigenvalue weighted by atomic mass is 10.1. The van der Waals surface area contributed by atoms with Gasteiger partial charge in [0.1, 0.15) is 6.29 Å². The minimum Gasteiger partial charge on any atom is -0.363 e. The highest BCUT2D eigenvalue weighted by Crippen LogP contribution is 2.28. The minimum absolute atomic E-state index is 0.820. The van der Waals surface area contributed by atoms with E-state index < -0.39 is 0 Å². The Balaban J connectivity index is 2.05. The molecular formula is C12H15NOS. The molecule has 0 saturated carbocycles. The molecule has 1 aliphatic rings. The van der Waals surface area contributed by atoms with Gasteiger partial charge in [-0.05, 0) is 43.5 Å². The Labute approximate surface area is 94.2 Å². The summed E-state index contributed by atoms with van der Waals surface area (Å²) in [6.45, 7) is 2.36. The summed E-state index contributed by atoms with van der Waals surface area (Å²) < 4.78 is 0. The summed E-state index contributed by atoms with van der Waals surface area (Å²) in [5.74, 6) is 0. The fourth-order valence-corrected chi connectivity index (χ4v) is 2.82. The number of thiophene rings is 1. The molecule has 0 spiro atoms. The van der Waals surface area contributed by atoms with Gasteiger partial charge in [0.15, 0.2) is 0 Å². The van der Waals surface area contributed by atoms with Gasteiger partial charge >= 0.3 is 0 Å². The highest BCUT2D eigenvalue weighted by molar-refractivity contribution is 7.16. The quantitative estimate of drug-likeness (QED) is 0.578. The molecule has 2 nitrogen and oxygen atoms in total.